The molecular formula is C26H37N3O5S. The lowest BCUT2D eigenvalue weighted by atomic mass is 10.1. The summed E-state index contributed by atoms with van der Waals surface area (Å²) in [6.45, 7) is 7.31. The van der Waals surface area contributed by atoms with Crippen molar-refractivity contribution in [3.8, 4) is 5.75 Å². The molecule has 2 atom stereocenters. The van der Waals surface area contributed by atoms with Crippen molar-refractivity contribution < 1.29 is 22.7 Å². The zero-order valence-electron chi connectivity index (χ0n) is 21.4. The van der Waals surface area contributed by atoms with Gasteiger partial charge in [-0.2, -0.15) is 0 Å². The number of nitrogens with zero attached hydrogens (tertiary/aromatic N) is 2. The number of rotatable bonds is 12. The molecule has 35 heavy (non-hydrogen) atoms. The van der Waals surface area contributed by atoms with Crippen molar-refractivity contribution in [2.45, 2.75) is 59.2 Å². The molecule has 0 fully saturated rings. The van der Waals surface area contributed by atoms with Crippen molar-refractivity contribution in [3.63, 3.8) is 0 Å². The number of carbonyl (C=O) groups is 2. The predicted molar refractivity (Wildman–Crippen MR) is 139 cm³/mol. The topological polar surface area (TPSA) is 96.0 Å². The molecule has 0 saturated heterocycles. The fourth-order valence-electron chi connectivity index (χ4n) is 3.69. The standard InChI is InChI=1S/C26H37N3O5S/c1-7-20(4)27-26(31)24(8-2)28(17-21-12-14-23(34-5)15-13-21)25(30)18-29(35(6,32)33)22-11-9-10-19(3)16-22/h9-16,20,24H,7-8,17-18H2,1-6H3,(H,27,31)/t20-,24-/m1/s1. The Bertz CT molecular complexity index is 1100. The molecule has 0 unspecified atom stereocenters. The Kier molecular flexibility index (Phi) is 10.1. The van der Waals surface area contributed by atoms with E-state index in [0.717, 1.165) is 28.1 Å². The van der Waals surface area contributed by atoms with E-state index in [0.29, 0.717) is 17.9 Å². The Morgan fingerprint density at radius 2 is 1.71 bits per heavy atom. The Hall–Kier alpha value is -3.07. The van der Waals surface area contributed by atoms with Gasteiger partial charge in [0.05, 0.1) is 19.1 Å². The van der Waals surface area contributed by atoms with Gasteiger partial charge in [-0.3, -0.25) is 13.9 Å². The minimum absolute atomic E-state index is 0.0469. The Morgan fingerprint density at radius 1 is 1.06 bits per heavy atom. The van der Waals surface area contributed by atoms with E-state index in [-0.39, 0.29) is 18.5 Å². The molecular weight excluding hydrogens is 466 g/mol. The predicted octanol–water partition coefficient (Wildman–Crippen LogP) is 3.49. The highest BCUT2D eigenvalue weighted by molar-refractivity contribution is 7.92. The molecule has 0 radical (unpaired) electrons. The number of amides is 2. The molecule has 0 bridgehead atoms. The number of anilines is 1. The van der Waals surface area contributed by atoms with Crippen molar-refractivity contribution >= 4 is 27.5 Å². The number of hydrogen-bond acceptors (Lipinski definition) is 5. The molecule has 2 amide bonds. The van der Waals surface area contributed by atoms with Gasteiger partial charge in [-0.05, 0) is 62.1 Å². The average Bonchev–Trinajstić information content (AvgIpc) is 2.81. The summed E-state index contributed by atoms with van der Waals surface area (Å²) in [6.07, 6.45) is 2.21. The highest BCUT2D eigenvalue weighted by Crippen LogP contribution is 2.21. The number of ether oxygens (including phenoxy) is 1. The number of hydrogen-bond donors (Lipinski definition) is 1. The summed E-state index contributed by atoms with van der Waals surface area (Å²) in [7, 11) is -2.18. The van der Waals surface area contributed by atoms with E-state index in [9.17, 15) is 18.0 Å². The highest BCUT2D eigenvalue weighted by atomic mass is 32.2. The maximum Gasteiger partial charge on any atom is 0.244 e. The third-order valence-corrected chi connectivity index (χ3v) is 7.01. The van der Waals surface area contributed by atoms with Crippen LogP contribution in [0.4, 0.5) is 5.69 Å². The molecule has 8 nitrogen and oxygen atoms in total. The third-order valence-electron chi connectivity index (χ3n) is 5.87. The maximum absolute atomic E-state index is 13.7. The minimum atomic E-state index is -3.75. The van der Waals surface area contributed by atoms with Crippen LogP contribution < -0.4 is 14.4 Å². The minimum Gasteiger partial charge on any atom is -0.497 e. The first-order valence-corrected chi connectivity index (χ1v) is 13.6. The van der Waals surface area contributed by atoms with Gasteiger partial charge in [0.2, 0.25) is 21.8 Å². The van der Waals surface area contributed by atoms with Crippen molar-refractivity contribution in [3.05, 3.63) is 59.7 Å². The summed E-state index contributed by atoms with van der Waals surface area (Å²) in [5, 5.41) is 2.96. The zero-order chi connectivity index (χ0) is 26.2. The fourth-order valence-corrected chi connectivity index (χ4v) is 4.53. The van der Waals surface area contributed by atoms with Crippen molar-refractivity contribution in [2.75, 3.05) is 24.2 Å². The number of nitrogens with one attached hydrogen (secondary N) is 1. The van der Waals surface area contributed by atoms with Crippen LogP contribution in [0.3, 0.4) is 0 Å². The molecule has 2 aromatic rings. The summed E-state index contributed by atoms with van der Waals surface area (Å²) in [6, 6.07) is 13.4. The first-order valence-electron chi connectivity index (χ1n) is 11.8. The van der Waals surface area contributed by atoms with Gasteiger partial charge in [-0.15, -0.1) is 0 Å². The van der Waals surface area contributed by atoms with E-state index in [1.54, 1.807) is 37.4 Å². The largest absolute Gasteiger partial charge is 0.497 e. The molecule has 0 saturated carbocycles. The van der Waals surface area contributed by atoms with Crippen molar-refractivity contribution in [2.24, 2.45) is 0 Å². The van der Waals surface area contributed by atoms with Gasteiger partial charge >= 0.3 is 0 Å². The van der Waals surface area contributed by atoms with Crippen LogP contribution >= 0.6 is 0 Å². The molecule has 0 aliphatic carbocycles. The third kappa shape index (κ3) is 7.99. The normalized spacial score (nSPS) is 13.0. The number of carbonyl (C=O) groups excluding carboxylic acids is 2. The van der Waals surface area contributed by atoms with E-state index < -0.39 is 28.5 Å². The van der Waals surface area contributed by atoms with Gasteiger partial charge in [0.25, 0.3) is 0 Å². The molecule has 9 heteroatoms. The Morgan fingerprint density at radius 3 is 2.23 bits per heavy atom. The maximum atomic E-state index is 13.7. The number of sulfonamides is 1. The highest BCUT2D eigenvalue weighted by Gasteiger charge is 2.32. The summed E-state index contributed by atoms with van der Waals surface area (Å²) in [4.78, 5) is 28.2. The molecule has 2 rings (SSSR count). The molecule has 0 spiro atoms. The molecule has 1 N–H and O–H groups in total. The summed E-state index contributed by atoms with van der Waals surface area (Å²) < 4.78 is 31.6. The van der Waals surface area contributed by atoms with Crippen LogP contribution in [-0.2, 0) is 26.2 Å². The number of methoxy groups -OCH3 is 1. The first-order chi connectivity index (χ1) is 16.5. The van der Waals surface area contributed by atoms with Gasteiger partial charge in [-0.25, -0.2) is 8.42 Å². The number of benzene rings is 2. The summed E-state index contributed by atoms with van der Waals surface area (Å²) in [5.41, 5.74) is 2.08. The fraction of sp³-hybridized carbons (Fsp3) is 0.462. The van der Waals surface area contributed by atoms with Gasteiger partial charge < -0.3 is 15.0 Å². The molecule has 0 aromatic heterocycles. The van der Waals surface area contributed by atoms with Crippen LogP contribution in [0.15, 0.2) is 48.5 Å². The summed E-state index contributed by atoms with van der Waals surface area (Å²) in [5.74, 6) is -0.0417. The van der Waals surface area contributed by atoms with Crippen LogP contribution in [0.1, 0.15) is 44.7 Å². The Labute approximate surface area is 209 Å². The van der Waals surface area contributed by atoms with Crippen molar-refractivity contribution in [1.29, 1.82) is 0 Å². The summed E-state index contributed by atoms with van der Waals surface area (Å²) >= 11 is 0. The van der Waals surface area contributed by atoms with Gasteiger partial charge in [0.1, 0.15) is 18.3 Å². The van der Waals surface area contributed by atoms with Crippen LogP contribution in [0.2, 0.25) is 0 Å². The van der Waals surface area contributed by atoms with Gasteiger partial charge in [0, 0.05) is 12.6 Å². The molecule has 2 aromatic carbocycles. The monoisotopic (exact) mass is 503 g/mol. The number of aryl methyl sites for hydroxylation is 1. The van der Waals surface area contributed by atoms with Crippen LogP contribution in [0, 0.1) is 6.92 Å². The van der Waals surface area contributed by atoms with E-state index in [1.165, 1.54) is 4.90 Å². The van der Waals surface area contributed by atoms with E-state index in [1.807, 2.05) is 45.9 Å². The van der Waals surface area contributed by atoms with Crippen LogP contribution in [0.25, 0.3) is 0 Å². The second kappa shape index (κ2) is 12.6. The second-order valence-corrected chi connectivity index (χ2v) is 10.6. The molecule has 192 valence electrons. The van der Waals surface area contributed by atoms with Gasteiger partial charge in [-0.1, -0.05) is 38.1 Å². The lowest BCUT2D eigenvalue weighted by Gasteiger charge is -2.33. The zero-order valence-corrected chi connectivity index (χ0v) is 22.3. The lowest BCUT2D eigenvalue weighted by Crippen LogP contribution is -2.53. The van der Waals surface area contributed by atoms with E-state index in [4.69, 9.17) is 4.74 Å². The SMILES string of the molecule is CC[C@@H](C)NC(=O)[C@@H](CC)N(Cc1ccc(OC)cc1)C(=O)CN(c1cccc(C)c1)S(C)(=O)=O. The van der Waals surface area contributed by atoms with Gasteiger partial charge in [0.15, 0.2) is 0 Å². The molecule has 0 aliphatic rings. The Balaban J connectivity index is 2.43. The van der Waals surface area contributed by atoms with Crippen LogP contribution in [-0.4, -0.2) is 57.1 Å². The van der Waals surface area contributed by atoms with E-state index in [2.05, 4.69) is 5.32 Å². The lowest BCUT2D eigenvalue weighted by molar-refractivity contribution is -0.140. The van der Waals surface area contributed by atoms with Crippen molar-refractivity contribution in [1.82, 2.24) is 10.2 Å². The quantitative estimate of drug-likeness (QED) is 0.478. The first kappa shape index (κ1) is 28.2. The van der Waals surface area contributed by atoms with Crippen LogP contribution in [0.5, 0.6) is 5.75 Å². The van der Waals surface area contributed by atoms with E-state index >= 15 is 0 Å². The molecule has 0 heterocycles. The smallest absolute Gasteiger partial charge is 0.244 e. The molecule has 0 aliphatic heterocycles. The second-order valence-electron chi connectivity index (χ2n) is 8.72. The average molecular weight is 504 g/mol.